The van der Waals surface area contributed by atoms with Gasteiger partial charge in [-0.1, -0.05) is 0 Å². The van der Waals surface area contributed by atoms with Crippen molar-refractivity contribution in [2.24, 2.45) is 0 Å². The van der Waals surface area contributed by atoms with Crippen LogP contribution in [0.2, 0.25) is 0 Å². The Morgan fingerprint density at radius 3 is 1.73 bits per heavy atom. The van der Waals surface area contributed by atoms with Gasteiger partial charge in [-0.3, -0.25) is 0 Å². The van der Waals surface area contributed by atoms with Crippen molar-refractivity contribution < 1.29 is 0 Å². The number of rotatable bonds is 0. The molecule has 2 aliphatic heterocycles. The van der Waals surface area contributed by atoms with Crippen LogP contribution in [0, 0.1) is 0 Å². The molecule has 3 heteroatoms. The van der Waals surface area contributed by atoms with Gasteiger partial charge in [0.25, 0.3) is 0 Å². The lowest BCUT2D eigenvalue weighted by atomic mass is 9.98. The average Bonchev–Trinajstić information content (AvgIpc) is 2.02. The molecule has 0 amide bonds. The van der Waals surface area contributed by atoms with Gasteiger partial charge in [-0.25, -0.2) is 0 Å². The maximum absolute atomic E-state index is 6.17. The van der Waals surface area contributed by atoms with Gasteiger partial charge in [-0.2, -0.15) is 11.8 Å². The lowest BCUT2D eigenvalue weighted by molar-refractivity contribution is 0.501. The molecule has 4 atom stereocenters. The first-order valence-corrected chi connectivity index (χ1v) is 6.02. The minimum absolute atomic E-state index is 0.417. The molecule has 0 aromatic rings. The number of alkyl halides is 2. The Kier molecular flexibility index (Phi) is 2.60. The molecule has 0 aromatic carbocycles. The van der Waals surface area contributed by atoms with E-state index in [9.17, 15) is 0 Å². The van der Waals surface area contributed by atoms with E-state index in [1.165, 1.54) is 25.7 Å². The van der Waals surface area contributed by atoms with E-state index in [4.69, 9.17) is 23.2 Å². The molecular weight excluding hydrogens is 199 g/mol. The van der Waals surface area contributed by atoms with Crippen LogP contribution in [0.25, 0.3) is 0 Å². The van der Waals surface area contributed by atoms with Gasteiger partial charge in [0.15, 0.2) is 0 Å². The summed E-state index contributed by atoms with van der Waals surface area (Å²) in [5.41, 5.74) is 0. The van der Waals surface area contributed by atoms with E-state index in [-0.39, 0.29) is 0 Å². The molecular formula is C8H12Cl2S. The predicted molar refractivity (Wildman–Crippen MR) is 52.9 cm³/mol. The smallest absolute Gasteiger partial charge is 0.0455 e. The van der Waals surface area contributed by atoms with Gasteiger partial charge in [-0.05, 0) is 25.7 Å². The number of thioether (sulfide) groups is 1. The fourth-order valence-corrected chi connectivity index (χ4v) is 4.38. The van der Waals surface area contributed by atoms with Gasteiger partial charge in [0, 0.05) is 21.3 Å². The Labute approximate surface area is 82.0 Å². The van der Waals surface area contributed by atoms with Gasteiger partial charge < -0.3 is 0 Å². The second-order valence-corrected chi connectivity index (χ2v) is 6.00. The maximum atomic E-state index is 6.17. The van der Waals surface area contributed by atoms with Crippen molar-refractivity contribution in [3.05, 3.63) is 0 Å². The number of hydrogen-bond acceptors (Lipinski definition) is 1. The zero-order chi connectivity index (χ0) is 7.84. The van der Waals surface area contributed by atoms with Crippen LogP contribution in [-0.4, -0.2) is 21.3 Å². The summed E-state index contributed by atoms with van der Waals surface area (Å²) in [4.78, 5) is 0. The van der Waals surface area contributed by atoms with Crippen molar-refractivity contribution in [3.8, 4) is 0 Å². The molecule has 0 saturated carbocycles. The van der Waals surface area contributed by atoms with Crippen molar-refractivity contribution in [1.29, 1.82) is 0 Å². The van der Waals surface area contributed by atoms with E-state index >= 15 is 0 Å². The molecule has 0 aromatic heterocycles. The van der Waals surface area contributed by atoms with Gasteiger partial charge in [0.2, 0.25) is 0 Å². The van der Waals surface area contributed by atoms with Crippen LogP contribution < -0.4 is 0 Å². The normalized spacial score (nSPS) is 50.7. The number of hydrogen-bond donors (Lipinski definition) is 0. The first-order valence-electron chi connectivity index (χ1n) is 4.21. The lowest BCUT2D eigenvalue weighted by Crippen LogP contribution is -2.37. The van der Waals surface area contributed by atoms with Gasteiger partial charge in [0.1, 0.15) is 0 Å². The monoisotopic (exact) mass is 210 g/mol. The zero-order valence-corrected chi connectivity index (χ0v) is 8.63. The van der Waals surface area contributed by atoms with Gasteiger partial charge in [-0.15, -0.1) is 23.2 Å². The highest BCUT2D eigenvalue weighted by atomic mass is 35.5. The minimum atomic E-state index is 0.417. The van der Waals surface area contributed by atoms with Crippen molar-refractivity contribution in [2.45, 2.75) is 46.9 Å². The van der Waals surface area contributed by atoms with Gasteiger partial charge in [0.05, 0.1) is 0 Å². The van der Waals surface area contributed by atoms with E-state index in [1.54, 1.807) is 0 Å². The van der Waals surface area contributed by atoms with E-state index in [1.807, 2.05) is 11.8 Å². The molecule has 0 radical (unpaired) electrons. The predicted octanol–water partition coefficient (Wildman–Crippen LogP) is 3.26. The highest BCUT2D eigenvalue weighted by Crippen LogP contribution is 2.45. The Balaban J connectivity index is 2.02. The Bertz CT molecular complexity index is 135. The highest BCUT2D eigenvalue weighted by molar-refractivity contribution is 8.00. The third-order valence-corrected chi connectivity index (χ3v) is 5.78. The average molecular weight is 211 g/mol. The summed E-state index contributed by atoms with van der Waals surface area (Å²) in [6, 6.07) is 0. The SMILES string of the molecule is Cl[C@H]1CC[C@H]2S[C@@H]1CC[C@@H]2Cl. The van der Waals surface area contributed by atoms with Crippen LogP contribution in [0.3, 0.4) is 0 Å². The molecule has 11 heavy (non-hydrogen) atoms. The van der Waals surface area contributed by atoms with Crippen LogP contribution in [0.5, 0.6) is 0 Å². The van der Waals surface area contributed by atoms with E-state index in [2.05, 4.69) is 0 Å². The molecule has 2 heterocycles. The third-order valence-electron chi connectivity index (χ3n) is 2.61. The number of halogens is 2. The summed E-state index contributed by atoms with van der Waals surface area (Å²) in [5, 5.41) is 2.23. The summed E-state index contributed by atoms with van der Waals surface area (Å²) >= 11 is 14.4. The summed E-state index contributed by atoms with van der Waals surface area (Å²) in [5.74, 6) is 0. The van der Waals surface area contributed by atoms with Crippen molar-refractivity contribution in [1.82, 2.24) is 0 Å². The summed E-state index contributed by atoms with van der Waals surface area (Å²) in [6.45, 7) is 0. The van der Waals surface area contributed by atoms with Gasteiger partial charge >= 0.3 is 0 Å². The maximum Gasteiger partial charge on any atom is 0.0455 e. The second kappa shape index (κ2) is 3.35. The third kappa shape index (κ3) is 1.66. The van der Waals surface area contributed by atoms with E-state index in [0.717, 1.165) is 0 Å². The van der Waals surface area contributed by atoms with Crippen LogP contribution in [0.15, 0.2) is 0 Å². The van der Waals surface area contributed by atoms with Crippen molar-refractivity contribution in [2.75, 3.05) is 0 Å². The molecule has 0 N–H and O–H groups in total. The molecule has 64 valence electrons. The second-order valence-electron chi connectivity index (χ2n) is 3.40. The first kappa shape index (κ1) is 8.52. The Morgan fingerprint density at radius 2 is 1.27 bits per heavy atom. The summed E-state index contributed by atoms with van der Waals surface area (Å²) < 4.78 is 0. The minimum Gasteiger partial charge on any atom is -0.152 e. The quantitative estimate of drug-likeness (QED) is 0.554. The van der Waals surface area contributed by atoms with Crippen molar-refractivity contribution in [3.63, 3.8) is 0 Å². The molecule has 2 saturated heterocycles. The standard InChI is InChI=1S/C8H12Cl2S/c9-5-1-3-7-6(10)2-4-8(5)11-7/h5-8H,1-4H2/t5-,6-,7+,8+/m0/s1. The molecule has 0 nitrogen and oxygen atoms in total. The first-order chi connectivity index (χ1) is 5.27. The largest absolute Gasteiger partial charge is 0.152 e. The molecule has 2 aliphatic rings. The summed E-state index contributed by atoms with van der Waals surface area (Å²) in [7, 11) is 0. The van der Waals surface area contributed by atoms with Crippen LogP contribution in [0.4, 0.5) is 0 Å². The van der Waals surface area contributed by atoms with E-state index < -0.39 is 0 Å². The molecule has 0 aliphatic carbocycles. The molecule has 2 bridgehead atoms. The topological polar surface area (TPSA) is 0 Å². The van der Waals surface area contributed by atoms with E-state index in [0.29, 0.717) is 21.3 Å². The summed E-state index contributed by atoms with van der Waals surface area (Å²) in [6.07, 6.45) is 4.80. The highest BCUT2D eigenvalue weighted by Gasteiger charge is 2.37. The molecule has 0 unspecified atom stereocenters. The Morgan fingerprint density at radius 1 is 0.818 bits per heavy atom. The fraction of sp³-hybridized carbons (Fsp3) is 1.00. The van der Waals surface area contributed by atoms with Crippen LogP contribution in [0.1, 0.15) is 25.7 Å². The zero-order valence-electron chi connectivity index (χ0n) is 6.30. The molecule has 0 spiro atoms. The van der Waals surface area contributed by atoms with Crippen molar-refractivity contribution >= 4 is 35.0 Å². The molecule has 2 rings (SSSR count). The van der Waals surface area contributed by atoms with Crippen LogP contribution in [-0.2, 0) is 0 Å². The lowest BCUT2D eigenvalue weighted by Gasteiger charge is -2.39. The molecule has 2 fully saturated rings. The fourth-order valence-electron chi connectivity index (χ4n) is 1.91. The van der Waals surface area contributed by atoms with Crippen LogP contribution >= 0.6 is 35.0 Å². The number of fused-ring (bicyclic) bond motifs is 2. The Hall–Kier alpha value is 0.930.